The van der Waals surface area contributed by atoms with Crippen LogP contribution in [-0.4, -0.2) is 142 Å². The molecule has 1 N–H and O–H groups in total. The third-order valence-electron chi connectivity index (χ3n) is 12.9. The van der Waals surface area contributed by atoms with Gasteiger partial charge in [0.1, 0.15) is 23.2 Å². The molecule has 1 aromatic carbocycles. The Morgan fingerprint density at radius 3 is 2.19 bits per heavy atom. The van der Waals surface area contributed by atoms with Gasteiger partial charge in [0.25, 0.3) is 11.8 Å². The van der Waals surface area contributed by atoms with E-state index in [9.17, 15) is 14.4 Å². The second-order valence-electron chi connectivity index (χ2n) is 16.9. The number of carbonyl (C=O) groups excluding carboxylic acids is 3. The molecule has 0 spiro atoms. The first-order valence-corrected chi connectivity index (χ1v) is 21.1. The second kappa shape index (κ2) is 16.1. The summed E-state index contributed by atoms with van der Waals surface area (Å²) in [5.74, 6) is 0.543. The number of hydrogen-bond donors (Lipinski definition) is 1. The Kier molecular flexibility index (Phi) is 10.6. The van der Waals surface area contributed by atoms with E-state index in [1.165, 1.54) is 12.8 Å². The number of aromatic nitrogens is 4. The number of fused-ring (bicyclic) bond motifs is 2. The fourth-order valence-electron chi connectivity index (χ4n) is 9.50. The zero-order valence-corrected chi connectivity index (χ0v) is 33.9. The Labute approximate surface area is 340 Å². The van der Waals surface area contributed by atoms with Crippen LogP contribution in [0.5, 0.6) is 0 Å². The minimum absolute atomic E-state index is 0.00158. The van der Waals surface area contributed by atoms with Crippen LogP contribution in [0.3, 0.4) is 0 Å². The maximum Gasteiger partial charge on any atom is 0.270 e. The normalized spacial score (nSPS) is 21.0. The van der Waals surface area contributed by atoms with Gasteiger partial charge in [-0.2, -0.15) is 0 Å². The number of allylic oxidation sites excluding steroid dienone is 1. The van der Waals surface area contributed by atoms with E-state index in [4.69, 9.17) is 9.97 Å². The van der Waals surface area contributed by atoms with Gasteiger partial charge in [-0.3, -0.25) is 29.2 Å². The highest BCUT2D eigenvalue weighted by molar-refractivity contribution is 6.02. The topological polar surface area (TPSA) is 126 Å². The number of piperazine rings is 2. The van der Waals surface area contributed by atoms with E-state index in [-0.39, 0.29) is 17.7 Å². The van der Waals surface area contributed by atoms with Crippen LogP contribution in [0, 0.1) is 0 Å². The molecule has 4 fully saturated rings. The first kappa shape index (κ1) is 38.2. The van der Waals surface area contributed by atoms with Gasteiger partial charge in [-0.1, -0.05) is 19.4 Å². The number of anilines is 2. The number of carbonyl (C=O) groups is 3. The average Bonchev–Trinajstić information content (AvgIpc) is 3.98. The molecule has 3 aromatic heterocycles. The second-order valence-corrected chi connectivity index (χ2v) is 16.9. The molecule has 4 aliphatic heterocycles. The number of hydrogen-bond acceptors (Lipinski definition) is 10. The van der Waals surface area contributed by atoms with Crippen molar-refractivity contribution >= 4 is 40.1 Å². The summed E-state index contributed by atoms with van der Waals surface area (Å²) in [5, 5.41) is 3.73. The van der Waals surface area contributed by atoms with Crippen LogP contribution in [0.2, 0.25) is 0 Å². The summed E-state index contributed by atoms with van der Waals surface area (Å²) in [6.45, 7) is 14.4. The van der Waals surface area contributed by atoms with E-state index < -0.39 is 6.04 Å². The van der Waals surface area contributed by atoms with E-state index in [0.717, 1.165) is 123 Å². The van der Waals surface area contributed by atoms with Crippen LogP contribution < -0.4 is 15.1 Å². The molecule has 58 heavy (non-hydrogen) atoms. The van der Waals surface area contributed by atoms with Gasteiger partial charge in [0, 0.05) is 126 Å². The first-order chi connectivity index (χ1) is 28.2. The summed E-state index contributed by atoms with van der Waals surface area (Å²) in [7, 11) is 3.60. The van der Waals surface area contributed by atoms with Gasteiger partial charge in [0.2, 0.25) is 5.91 Å². The molecule has 4 aromatic rings. The molecule has 1 atom stereocenters. The van der Waals surface area contributed by atoms with E-state index >= 15 is 0 Å². The minimum Gasteiger partial charge on any atom is -0.369 e. The molecule has 9 rings (SSSR count). The summed E-state index contributed by atoms with van der Waals surface area (Å²) < 4.78 is 2.17. The maximum atomic E-state index is 13.2. The summed E-state index contributed by atoms with van der Waals surface area (Å²) in [6.07, 6.45) is 10.2. The van der Waals surface area contributed by atoms with E-state index in [1.54, 1.807) is 23.9 Å². The van der Waals surface area contributed by atoms with Gasteiger partial charge in [0.05, 0.1) is 18.3 Å². The molecule has 1 aliphatic carbocycles. The van der Waals surface area contributed by atoms with Crippen molar-refractivity contribution < 1.29 is 14.4 Å². The largest absolute Gasteiger partial charge is 0.369 e. The van der Waals surface area contributed by atoms with Gasteiger partial charge in [-0.25, -0.2) is 9.97 Å². The molecule has 1 unspecified atom stereocenters. The quantitative estimate of drug-likeness (QED) is 0.253. The van der Waals surface area contributed by atoms with Crippen molar-refractivity contribution in [2.75, 3.05) is 89.3 Å². The number of pyridine rings is 1. The minimum atomic E-state index is -0.434. The molecule has 1 saturated carbocycles. The molecule has 7 heterocycles. The van der Waals surface area contributed by atoms with Gasteiger partial charge in [-0.05, 0) is 67.6 Å². The van der Waals surface area contributed by atoms with Gasteiger partial charge >= 0.3 is 0 Å². The SMILES string of the molecule is C=C1CCC(N2Cc3cc(N4CCN(CCN5CCN(c6ccc(Cc7ncc8cc(C(=O)N(C)C)n(C9CCCC9)c8n7)nc6)CC5)CC4)ccc3C2=O)C(=O)N1. The average molecular weight is 786 g/mol. The van der Waals surface area contributed by atoms with Crippen molar-refractivity contribution in [1.82, 2.24) is 44.4 Å². The number of nitrogens with one attached hydrogen (secondary N) is 1. The molecule has 5 aliphatic rings. The van der Waals surface area contributed by atoms with Crippen LogP contribution in [0.4, 0.5) is 11.4 Å². The predicted octanol–water partition coefficient (Wildman–Crippen LogP) is 3.93. The number of rotatable bonds is 10. The maximum absolute atomic E-state index is 13.2. The molecule has 0 bridgehead atoms. The lowest BCUT2D eigenvalue weighted by molar-refractivity contribution is -0.126. The highest BCUT2D eigenvalue weighted by Crippen LogP contribution is 2.35. The predicted molar refractivity (Wildman–Crippen MR) is 224 cm³/mol. The number of nitrogens with zero attached hydrogens (tertiary/aromatic N) is 10. The van der Waals surface area contributed by atoms with Crippen LogP contribution in [-0.2, 0) is 17.8 Å². The number of amides is 3. The first-order valence-electron chi connectivity index (χ1n) is 21.1. The molecule has 14 heteroatoms. The van der Waals surface area contributed by atoms with Crippen LogP contribution >= 0.6 is 0 Å². The van der Waals surface area contributed by atoms with E-state index in [0.29, 0.717) is 43.1 Å². The highest BCUT2D eigenvalue weighted by Gasteiger charge is 2.38. The molecule has 3 amide bonds. The molecule has 0 radical (unpaired) electrons. The zero-order valence-electron chi connectivity index (χ0n) is 33.9. The number of piperidine rings is 1. The van der Waals surface area contributed by atoms with E-state index in [2.05, 4.69) is 65.3 Å². The monoisotopic (exact) mass is 785 g/mol. The molecule has 3 saturated heterocycles. The van der Waals surface area contributed by atoms with Gasteiger partial charge in [0.15, 0.2) is 0 Å². The van der Waals surface area contributed by atoms with Crippen molar-refractivity contribution in [3.63, 3.8) is 0 Å². The van der Waals surface area contributed by atoms with E-state index in [1.807, 2.05) is 24.5 Å². The Bertz CT molecular complexity index is 2200. The summed E-state index contributed by atoms with van der Waals surface area (Å²) in [6, 6.07) is 12.2. The Hall–Kier alpha value is -5.34. The van der Waals surface area contributed by atoms with Gasteiger partial charge in [-0.15, -0.1) is 0 Å². The number of benzene rings is 1. The zero-order chi connectivity index (χ0) is 39.9. The Morgan fingerprint density at radius 2 is 1.53 bits per heavy atom. The standard InChI is InChI=1S/C44H55N11O3/c1-30-8-13-38(42(56)47-30)54-29-32-24-35(11-12-37(32)43(54)57)52-20-16-50(17-21-52)14-15-51-18-22-53(23-19-51)36-10-9-33(45-28-36)26-40-46-27-31-25-39(44(58)49(2)3)55(41(31)48-40)34-6-4-5-7-34/h9-12,24-25,27-28,34,38H,1,4-8,13-23,26,29H2,2-3H3,(H,47,56). The van der Waals surface area contributed by atoms with Crippen LogP contribution in [0.25, 0.3) is 11.0 Å². The van der Waals surface area contributed by atoms with Crippen LogP contribution in [0.15, 0.2) is 61.1 Å². The van der Waals surface area contributed by atoms with Gasteiger partial charge < -0.3 is 29.5 Å². The van der Waals surface area contributed by atoms with Crippen molar-refractivity contribution in [3.05, 3.63) is 89.4 Å². The fourth-order valence-corrected chi connectivity index (χ4v) is 9.50. The van der Waals surface area contributed by atoms with Crippen molar-refractivity contribution in [2.45, 2.75) is 63.6 Å². The highest BCUT2D eigenvalue weighted by atomic mass is 16.2. The molecule has 14 nitrogen and oxygen atoms in total. The summed E-state index contributed by atoms with van der Waals surface area (Å²) >= 11 is 0. The Balaban J connectivity index is 0.734. The lowest BCUT2D eigenvalue weighted by atomic mass is 10.0. The summed E-state index contributed by atoms with van der Waals surface area (Å²) in [5.41, 5.74) is 7.23. The lowest BCUT2D eigenvalue weighted by Crippen LogP contribution is -2.51. The van der Waals surface area contributed by atoms with Crippen molar-refractivity contribution in [2.24, 2.45) is 0 Å². The molecular weight excluding hydrogens is 731 g/mol. The molecule has 304 valence electrons. The lowest BCUT2D eigenvalue weighted by Gasteiger charge is -2.39. The van der Waals surface area contributed by atoms with Crippen molar-refractivity contribution in [3.8, 4) is 0 Å². The third kappa shape index (κ3) is 7.67. The smallest absolute Gasteiger partial charge is 0.270 e. The summed E-state index contributed by atoms with van der Waals surface area (Å²) in [4.78, 5) is 66.7. The van der Waals surface area contributed by atoms with Crippen LogP contribution in [0.1, 0.15) is 82.5 Å². The van der Waals surface area contributed by atoms with Crippen molar-refractivity contribution in [1.29, 1.82) is 0 Å². The third-order valence-corrected chi connectivity index (χ3v) is 12.9. The Morgan fingerprint density at radius 1 is 0.845 bits per heavy atom. The fraction of sp³-hybridized carbons (Fsp3) is 0.500. The molecular formula is C44H55N11O3.